The highest BCUT2D eigenvalue weighted by atomic mass is 16.3. The predicted octanol–water partition coefficient (Wildman–Crippen LogP) is 1.77. The highest BCUT2D eigenvalue weighted by Crippen LogP contribution is 2.14. The number of aromatic nitrogens is 1. The number of aliphatic hydroxyl groups is 1. The quantitative estimate of drug-likeness (QED) is 0.792. The van der Waals surface area contributed by atoms with Gasteiger partial charge in [-0.1, -0.05) is 13.8 Å². The molecule has 0 amide bonds. The minimum atomic E-state index is -0.0537. The zero-order chi connectivity index (χ0) is 12.0. The fourth-order valence-electron chi connectivity index (χ4n) is 1.55. The fraction of sp³-hybridized carbons (Fsp3) is 0.500. The molecule has 0 aliphatic carbocycles. The van der Waals surface area contributed by atoms with Crippen molar-refractivity contribution in [3.8, 4) is 6.07 Å². The summed E-state index contributed by atoms with van der Waals surface area (Å²) in [5, 5.41) is 21.2. The van der Waals surface area contributed by atoms with Gasteiger partial charge in [0.1, 0.15) is 11.9 Å². The molecule has 1 rings (SSSR count). The van der Waals surface area contributed by atoms with Gasteiger partial charge in [0.15, 0.2) is 0 Å². The van der Waals surface area contributed by atoms with Crippen molar-refractivity contribution in [1.29, 1.82) is 5.26 Å². The Hall–Kier alpha value is -1.60. The van der Waals surface area contributed by atoms with Crippen molar-refractivity contribution in [3.05, 3.63) is 23.9 Å². The summed E-state index contributed by atoms with van der Waals surface area (Å²) in [5.74, 6) is 1.03. The molecule has 0 aromatic carbocycles. The second-order valence-corrected chi connectivity index (χ2v) is 4.16. The molecule has 0 saturated carbocycles. The van der Waals surface area contributed by atoms with Crippen molar-refractivity contribution in [2.24, 2.45) is 5.92 Å². The minimum absolute atomic E-state index is 0.0413. The van der Waals surface area contributed by atoms with Gasteiger partial charge in [-0.25, -0.2) is 4.98 Å². The van der Waals surface area contributed by atoms with E-state index in [1.54, 1.807) is 18.3 Å². The molecule has 86 valence electrons. The fourth-order valence-corrected chi connectivity index (χ4v) is 1.55. The van der Waals surface area contributed by atoms with Crippen molar-refractivity contribution < 1.29 is 5.11 Å². The molecule has 0 fully saturated rings. The van der Waals surface area contributed by atoms with Crippen LogP contribution in [0, 0.1) is 17.2 Å². The SMILES string of the molecule is CC(C)CC(CO)Nc1ncccc1C#N. The number of hydrogen-bond donors (Lipinski definition) is 2. The molecular formula is C12H17N3O. The number of aliphatic hydroxyl groups excluding tert-OH is 1. The highest BCUT2D eigenvalue weighted by molar-refractivity contribution is 5.51. The molecule has 16 heavy (non-hydrogen) atoms. The lowest BCUT2D eigenvalue weighted by atomic mass is 10.0. The van der Waals surface area contributed by atoms with E-state index in [0.29, 0.717) is 17.3 Å². The molecule has 2 N–H and O–H groups in total. The molecule has 1 unspecified atom stereocenters. The lowest BCUT2D eigenvalue weighted by Crippen LogP contribution is -2.26. The lowest BCUT2D eigenvalue weighted by molar-refractivity contribution is 0.259. The van der Waals surface area contributed by atoms with E-state index in [9.17, 15) is 5.11 Å². The summed E-state index contributed by atoms with van der Waals surface area (Å²) < 4.78 is 0. The van der Waals surface area contributed by atoms with Gasteiger partial charge in [-0.3, -0.25) is 0 Å². The summed E-state index contributed by atoms with van der Waals surface area (Å²) in [6.45, 7) is 4.22. The summed E-state index contributed by atoms with van der Waals surface area (Å²) in [6.07, 6.45) is 2.48. The van der Waals surface area contributed by atoms with Gasteiger partial charge in [0.25, 0.3) is 0 Å². The molecule has 0 spiro atoms. The van der Waals surface area contributed by atoms with Crippen LogP contribution in [0.4, 0.5) is 5.82 Å². The maximum atomic E-state index is 9.23. The zero-order valence-corrected chi connectivity index (χ0v) is 9.64. The van der Waals surface area contributed by atoms with Gasteiger partial charge >= 0.3 is 0 Å². The Bertz CT molecular complexity index is 371. The number of hydrogen-bond acceptors (Lipinski definition) is 4. The average Bonchev–Trinajstić information content (AvgIpc) is 2.28. The Morgan fingerprint density at radius 2 is 2.31 bits per heavy atom. The monoisotopic (exact) mass is 219 g/mol. The first-order chi connectivity index (χ1) is 7.67. The van der Waals surface area contributed by atoms with Gasteiger partial charge in [0.2, 0.25) is 0 Å². The Kier molecular flexibility index (Phi) is 4.74. The smallest absolute Gasteiger partial charge is 0.144 e. The Morgan fingerprint density at radius 3 is 2.88 bits per heavy atom. The van der Waals surface area contributed by atoms with E-state index in [0.717, 1.165) is 6.42 Å². The van der Waals surface area contributed by atoms with Crippen LogP contribution in [0.5, 0.6) is 0 Å². The van der Waals surface area contributed by atoms with Crippen molar-refractivity contribution in [2.75, 3.05) is 11.9 Å². The molecule has 0 aliphatic heterocycles. The van der Waals surface area contributed by atoms with E-state index >= 15 is 0 Å². The van der Waals surface area contributed by atoms with Crippen molar-refractivity contribution in [2.45, 2.75) is 26.3 Å². The van der Waals surface area contributed by atoms with Gasteiger partial charge in [0, 0.05) is 6.20 Å². The molecule has 0 saturated heterocycles. The molecule has 1 aromatic heterocycles. The predicted molar refractivity (Wildman–Crippen MR) is 62.9 cm³/mol. The van der Waals surface area contributed by atoms with Crippen LogP contribution < -0.4 is 5.32 Å². The molecule has 0 aliphatic rings. The minimum Gasteiger partial charge on any atom is -0.394 e. The number of anilines is 1. The van der Waals surface area contributed by atoms with Gasteiger partial charge in [-0.2, -0.15) is 5.26 Å². The first kappa shape index (κ1) is 12.5. The molecule has 1 aromatic rings. The second-order valence-electron chi connectivity index (χ2n) is 4.16. The number of nitriles is 1. The third-order valence-electron chi connectivity index (χ3n) is 2.25. The zero-order valence-electron chi connectivity index (χ0n) is 9.64. The third kappa shape index (κ3) is 3.52. The number of pyridine rings is 1. The van der Waals surface area contributed by atoms with Gasteiger partial charge in [-0.05, 0) is 24.5 Å². The van der Waals surface area contributed by atoms with Crippen molar-refractivity contribution >= 4 is 5.82 Å². The van der Waals surface area contributed by atoms with Crippen LogP contribution in [-0.4, -0.2) is 22.7 Å². The van der Waals surface area contributed by atoms with Crippen LogP contribution in [0.15, 0.2) is 18.3 Å². The molecular weight excluding hydrogens is 202 g/mol. The topological polar surface area (TPSA) is 68.9 Å². The van der Waals surface area contributed by atoms with E-state index in [2.05, 4.69) is 30.2 Å². The van der Waals surface area contributed by atoms with Gasteiger partial charge < -0.3 is 10.4 Å². The second kappa shape index (κ2) is 6.09. The Labute approximate surface area is 95.9 Å². The number of rotatable bonds is 5. The van der Waals surface area contributed by atoms with Gasteiger partial charge in [-0.15, -0.1) is 0 Å². The van der Waals surface area contributed by atoms with E-state index in [1.807, 2.05) is 0 Å². The van der Waals surface area contributed by atoms with Crippen LogP contribution in [0.3, 0.4) is 0 Å². The summed E-state index contributed by atoms with van der Waals surface area (Å²) in [4.78, 5) is 4.10. The van der Waals surface area contributed by atoms with Crippen molar-refractivity contribution in [3.63, 3.8) is 0 Å². The summed E-state index contributed by atoms with van der Waals surface area (Å²) in [6, 6.07) is 5.45. The normalized spacial score (nSPS) is 12.2. The van der Waals surface area contributed by atoms with E-state index in [4.69, 9.17) is 5.26 Å². The molecule has 1 heterocycles. The van der Waals surface area contributed by atoms with E-state index in [-0.39, 0.29) is 12.6 Å². The molecule has 0 radical (unpaired) electrons. The molecule has 4 nitrogen and oxygen atoms in total. The van der Waals surface area contributed by atoms with Gasteiger partial charge in [0.05, 0.1) is 18.2 Å². The maximum Gasteiger partial charge on any atom is 0.144 e. The largest absolute Gasteiger partial charge is 0.394 e. The third-order valence-corrected chi connectivity index (χ3v) is 2.25. The molecule has 1 atom stereocenters. The maximum absolute atomic E-state index is 9.23. The first-order valence-corrected chi connectivity index (χ1v) is 5.40. The molecule has 0 bridgehead atoms. The van der Waals surface area contributed by atoms with E-state index in [1.165, 1.54) is 0 Å². The average molecular weight is 219 g/mol. The standard InChI is InChI=1S/C12H17N3O/c1-9(2)6-11(8-16)15-12-10(7-13)4-3-5-14-12/h3-5,9,11,16H,6,8H2,1-2H3,(H,14,15). The summed E-state index contributed by atoms with van der Waals surface area (Å²) in [5.41, 5.74) is 0.504. The summed E-state index contributed by atoms with van der Waals surface area (Å²) >= 11 is 0. The van der Waals surface area contributed by atoms with E-state index < -0.39 is 0 Å². The number of nitrogens with zero attached hydrogens (tertiary/aromatic N) is 2. The number of nitrogens with one attached hydrogen (secondary N) is 1. The van der Waals surface area contributed by atoms with Crippen LogP contribution in [-0.2, 0) is 0 Å². The lowest BCUT2D eigenvalue weighted by Gasteiger charge is -2.19. The van der Waals surface area contributed by atoms with Crippen LogP contribution >= 0.6 is 0 Å². The Morgan fingerprint density at radius 1 is 1.56 bits per heavy atom. The van der Waals surface area contributed by atoms with Crippen LogP contribution in [0.1, 0.15) is 25.8 Å². The Balaban J connectivity index is 2.74. The first-order valence-electron chi connectivity index (χ1n) is 5.40. The summed E-state index contributed by atoms with van der Waals surface area (Å²) in [7, 11) is 0. The van der Waals surface area contributed by atoms with Crippen LogP contribution in [0.2, 0.25) is 0 Å². The van der Waals surface area contributed by atoms with Crippen molar-refractivity contribution in [1.82, 2.24) is 4.98 Å². The van der Waals surface area contributed by atoms with Crippen LogP contribution in [0.25, 0.3) is 0 Å². The highest BCUT2D eigenvalue weighted by Gasteiger charge is 2.12. The molecule has 4 heteroatoms.